The monoisotopic (exact) mass is 285 g/mol. The lowest BCUT2D eigenvalue weighted by Crippen LogP contribution is -2.17. The average molecular weight is 285 g/mol. The van der Waals surface area contributed by atoms with Crippen molar-refractivity contribution >= 4 is 0 Å². The van der Waals surface area contributed by atoms with Crippen molar-refractivity contribution < 1.29 is 4.39 Å². The summed E-state index contributed by atoms with van der Waals surface area (Å²) in [7, 11) is 0. The highest BCUT2D eigenvalue weighted by molar-refractivity contribution is 5.45. The van der Waals surface area contributed by atoms with Crippen LogP contribution in [0.2, 0.25) is 0 Å². The third-order valence-corrected chi connectivity index (χ3v) is 4.12. The predicted molar refractivity (Wildman–Crippen MR) is 87.0 cm³/mol. The van der Waals surface area contributed by atoms with E-state index >= 15 is 0 Å². The molecule has 0 aliphatic heterocycles. The molecule has 0 amide bonds. The Morgan fingerprint density at radius 3 is 1.86 bits per heavy atom. The SMILES string of the molecule is CCc1cc(CC)c(C(N)c2ccc(F)cc2)c(CC)c1. The van der Waals surface area contributed by atoms with E-state index in [9.17, 15) is 4.39 Å². The highest BCUT2D eigenvalue weighted by Crippen LogP contribution is 2.29. The van der Waals surface area contributed by atoms with Crippen LogP contribution in [0.5, 0.6) is 0 Å². The molecule has 1 nitrogen and oxygen atoms in total. The quantitative estimate of drug-likeness (QED) is 0.856. The zero-order valence-corrected chi connectivity index (χ0v) is 13.1. The van der Waals surface area contributed by atoms with Gasteiger partial charge in [0.2, 0.25) is 0 Å². The zero-order valence-electron chi connectivity index (χ0n) is 13.1. The molecule has 0 saturated heterocycles. The van der Waals surface area contributed by atoms with Gasteiger partial charge >= 0.3 is 0 Å². The molecule has 2 rings (SSSR count). The molecule has 0 bridgehead atoms. The van der Waals surface area contributed by atoms with E-state index in [-0.39, 0.29) is 11.9 Å². The maximum absolute atomic E-state index is 13.1. The normalized spacial score (nSPS) is 12.4. The summed E-state index contributed by atoms with van der Waals surface area (Å²) in [6, 6.07) is 10.9. The Bertz CT molecular complexity index is 576. The molecule has 0 fully saturated rings. The first-order valence-corrected chi connectivity index (χ1v) is 7.76. The van der Waals surface area contributed by atoms with Gasteiger partial charge in [-0.05, 0) is 59.2 Å². The molecule has 0 saturated carbocycles. The summed E-state index contributed by atoms with van der Waals surface area (Å²) >= 11 is 0. The van der Waals surface area contributed by atoms with Crippen molar-refractivity contribution in [3.8, 4) is 0 Å². The summed E-state index contributed by atoms with van der Waals surface area (Å²) in [5.74, 6) is -0.223. The highest BCUT2D eigenvalue weighted by atomic mass is 19.1. The molecule has 112 valence electrons. The van der Waals surface area contributed by atoms with Crippen LogP contribution in [-0.2, 0) is 19.3 Å². The lowest BCUT2D eigenvalue weighted by molar-refractivity contribution is 0.626. The summed E-state index contributed by atoms with van der Waals surface area (Å²) < 4.78 is 13.1. The predicted octanol–water partition coefficient (Wildman–Crippen LogP) is 4.56. The number of rotatable bonds is 5. The van der Waals surface area contributed by atoms with Gasteiger partial charge in [0.05, 0.1) is 6.04 Å². The van der Waals surface area contributed by atoms with Crippen LogP contribution < -0.4 is 5.73 Å². The maximum Gasteiger partial charge on any atom is 0.123 e. The Kier molecular flexibility index (Phi) is 5.13. The smallest absolute Gasteiger partial charge is 0.123 e. The van der Waals surface area contributed by atoms with E-state index in [0.717, 1.165) is 24.8 Å². The Balaban J connectivity index is 2.52. The first-order valence-electron chi connectivity index (χ1n) is 7.76. The highest BCUT2D eigenvalue weighted by Gasteiger charge is 2.17. The largest absolute Gasteiger partial charge is 0.320 e. The van der Waals surface area contributed by atoms with E-state index in [2.05, 4.69) is 32.9 Å². The third-order valence-electron chi connectivity index (χ3n) is 4.12. The van der Waals surface area contributed by atoms with Gasteiger partial charge in [-0.15, -0.1) is 0 Å². The number of benzene rings is 2. The van der Waals surface area contributed by atoms with E-state index in [1.165, 1.54) is 34.4 Å². The standard InChI is InChI=1S/C19H24FN/c1-4-13-11-14(5-2)18(15(6-3)12-13)19(21)16-7-9-17(20)10-8-16/h7-12,19H,4-6,21H2,1-3H3. The summed E-state index contributed by atoms with van der Waals surface area (Å²) in [6.07, 6.45) is 2.96. The molecule has 2 heteroatoms. The van der Waals surface area contributed by atoms with Crippen LogP contribution in [0.3, 0.4) is 0 Å². The van der Waals surface area contributed by atoms with Crippen LogP contribution in [0.1, 0.15) is 54.6 Å². The molecule has 0 aromatic heterocycles. The zero-order chi connectivity index (χ0) is 15.4. The second-order valence-corrected chi connectivity index (χ2v) is 5.42. The molecular formula is C19H24FN. The Hall–Kier alpha value is -1.67. The van der Waals surface area contributed by atoms with Crippen LogP contribution in [0.25, 0.3) is 0 Å². The first-order chi connectivity index (χ1) is 10.1. The van der Waals surface area contributed by atoms with Gasteiger partial charge in [0.25, 0.3) is 0 Å². The van der Waals surface area contributed by atoms with Crippen molar-refractivity contribution in [3.63, 3.8) is 0 Å². The molecule has 21 heavy (non-hydrogen) atoms. The number of hydrogen-bond acceptors (Lipinski definition) is 1. The summed E-state index contributed by atoms with van der Waals surface area (Å²) in [5, 5.41) is 0. The van der Waals surface area contributed by atoms with Crippen LogP contribution in [-0.4, -0.2) is 0 Å². The number of aryl methyl sites for hydroxylation is 3. The fraction of sp³-hybridized carbons (Fsp3) is 0.368. The molecule has 0 aliphatic carbocycles. The van der Waals surface area contributed by atoms with E-state index in [1.807, 2.05) is 0 Å². The molecule has 0 spiro atoms. The Morgan fingerprint density at radius 2 is 1.43 bits per heavy atom. The minimum atomic E-state index is -0.223. The van der Waals surface area contributed by atoms with Gasteiger partial charge in [-0.1, -0.05) is 45.0 Å². The number of nitrogens with two attached hydrogens (primary N) is 1. The number of halogens is 1. The molecule has 2 aromatic rings. The van der Waals surface area contributed by atoms with Crippen LogP contribution in [0, 0.1) is 5.82 Å². The van der Waals surface area contributed by atoms with E-state index in [0.29, 0.717) is 0 Å². The van der Waals surface area contributed by atoms with Gasteiger partial charge < -0.3 is 5.73 Å². The topological polar surface area (TPSA) is 26.0 Å². The molecule has 1 atom stereocenters. The molecular weight excluding hydrogens is 261 g/mol. The van der Waals surface area contributed by atoms with Gasteiger partial charge in [0.15, 0.2) is 0 Å². The van der Waals surface area contributed by atoms with Crippen molar-refractivity contribution in [2.24, 2.45) is 5.73 Å². The van der Waals surface area contributed by atoms with E-state index in [1.54, 1.807) is 12.1 Å². The molecule has 1 unspecified atom stereocenters. The molecule has 0 radical (unpaired) electrons. The van der Waals surface area contributed by atoms with Crippen LogP contribution in [0.4, 0.5) is 4.39 Å². The Labute approximate surface area is 127 Å². The van der Waals surface area contributed by atoms with Crippen molar-refractivity contribution in [3.05, 3.63) is 70.0 Å². The van der Waals surface area contributed by atoms with Gasteiger partial charge in [0.1, 0.15) is 5.82 Å². The van der Waals surface area contributed by atoms with Gasteiger partial charge in [-0.2, -0.15) is 0 Å². The van der Waals surface area contributed by atoms with E-state index in [4.69, 9.17) is 5.73 Å². The van der Waals surface area contributed by atoms with Crippen LogP contribution >= 0.6 is 0 Å². The molecule has 0 heterocycles. The minimum Gasteiger partial charge on any atom is -0.320 e. The molecule has 2 N–H and O–H groups in total. The van der Waals surface area contributed by atoms with E-state index < -0.39 is 0 Å². The van der Waals surface area contributed by atoms with Gasteiger partial charge in [0, 0.05) is 0 Å². The number of hydrogen-bond donors (Lipinski definition) is 1. The van der Waals surface area contributed by atoms with Crippen molar-refractivity contribution in [1.82, 2.24) is 0 Å². The molecule has 2 aromatic carbocycles. The third kappa shape index (κ3) is 3.33. The maximum atomic E-state index is 13.1. The average Bonchev–Trinajstić information content (AvgIpc) is 2.53. The van der Waals surface area contributed by atoms with Crippen molar-refractivity contribution in [2.75, 3.05) is 0 Å². The van der Waals surface area contributed by atoms with Crippen LogP contribution in [0.15, 0.2) is 36.4 Å². The Morgan fingerprint density at radius 1 is 0.905 bits per heavy atom. The fourth-order valence-electron chi connectivity index (χ4n) is 2.88. The second-order valence-electron chi connectivity index (χ2n) is 5.42. The minimum absolute atomic E-state index is 0.193. The first kappa shape index (κ1) is 15.7. The van der Waals surface area contributed by atoms with Crippen molar-refractivity contribution in [2.45, 2.75) is 46.1 Å². The summed E-state index contributed by atoms with van der Waals surface area (Å²) in [4.78, 5) is 0. The fourth-order valence-corrected chi connectivity index (χ4v) is 2.88. The second kappa shape index (κ2) is 6.86. The lowest BCUT2D eigenvalue weighted by atomic mass is 9.87. The lowest BCUT2D eigenvalue weighted by Gasteiger charge is -2.21. The summed E-state index contributed by atoms with van der Waals surface area (Å²) in [6.45, 7) is 6.50. The molecule has 0 aliphatic rings. The summed E-state index contributed by atoms with van der Waals surface area (Å²) in [5.41, 5.74) is 12.6. The van der Waals surface area contributed by atoms with Gasteiger partial charge in [-0.25, -0.2) is 4.39 Å². The van der Waals surface area contributed by atoms with Crippen molar-refractivity contribution in [1.29, 1.82) is 0 Å². The van der Waals surface area contributed by atoms with Gasteiger partial charge in [-0.3, -0.25) is 0 Å².